The number of furan rings is 1. The highest BCUT2D eigenvalue weighted by molar-refractivity contribution is 6.13. The highest BCUT2D eigenvalue weighted by Gasteiger charge is 2.21. The van der Waals surface area contributed by atoms with Crippen molar-refractivity contribution in [2.24, 2.45) is 13.0 Å². The summed E-state index contributed by atoms with van der Waals surface area (Å²) in [5.74, 6) is -0.118. The van der Waals surface area contributed by atoms with Gasteiger partial charge in [-0.2, -0.15) is 0 Å². The van der Waals surface area contributed by atoms with E-state index in [4.69, 9.17) is 13.7 Å². The first-order valence-electron chi connectivity index (χ1n) is 10.1. The van der Waals surface area contributed by atoms with Crippen LogP contribution < -0.4 is 4.57 Å². The molecule has 4 rings (SSSR count). The zero-order chi connectivity index (χ0) is 20.9. The summed E-state index contributed by atoms with van der Waals surface area (Å²) < 4.78 is 24.8. The molecule has 0 aliphatic heterocycles. The average molecular weight is 357 g/mol. The lowest BCUT2D eigenvalue weighted by atomic mass is 9.97. The van der Waals surface area contributed by atoms with Crippen LogP contribution in [0.2, 0.25) is 0 Å². The largest absolute Gasteiger partial charge is 0.457 e. The number of pyridine rings is 1. The Balaban J connectivity index is 1.99. The third kappa shape index (κ3) is 2.98. The van der Waals surface area contributed by atoms with E-state index in [1.54, 1.807) is 6.07 Å². The Morgan fingerprint density at radius 3 is 2.67 bits per heavy atom. The highest BCUT2D eigenvalue weighted by atomic mass is 16.3. The Morgan fingerprint density at radius 2 is 1.96 bits per heavy atom. The lowest BCUT2D eigenvalue weighted by Crippen LogP contribution is -2.31. The van der Waals surface area contributed by atoms with Crippen molar-refractivity contribution in [1.29, 1.82) is 0 Å². The van der Waals surface area contributed by atoms with Crippen LogP contribution in [0.1, 0.15) is 27.7 Å². The summed E-state index contributed by atoms with van der Waals surface area (Å²) in [4.78, 5) is 3.50. The van der Waals surface area contributed by atoms with Gasteiger partial charge >= 0.3 is 0 Å². The summed E-state index contributed by atoms with van der Waals surface area (Å²) in [7, 11) is 1.95. The number of nitrogens with zero attached hydrogens (tertiary/aromatic N) is 2. The lowest BCUT2D eigenvalue weighted by Gasteiger charge is -2.09. The fourth-order valence-electron chi connectivity index (χ4n) is 3.65. The molecule has 0 spiro atoms. The van der Waals surface area contributed by atoms with Crippen molar-refractivity contribution < 1.29 is 11.7 Å². The topological polar surface area (TPSA) is 21.4 Å². The van der Waals surface area contributed by atoms with E-state index in [2.05, 4.69) is 11.8 Å². The van der Waals surface area contributed by atoms with E-state index < -0.39 is 6.37 Å². The monoisotopic (exact) mass is 357 g/mol. The van der Waals surface area contributed by atoms with Crippen molar-refractivity contribution in [1.82, 2.24) is 0 Å². The summed E-state index contributed by atoms with van der Waals surface area (Å²) >= 11 is 0. The second kappa shape index (κ2) is 6.55. The summed E-state index contributed by atoms with van der Waals surface area (Å²) in [5.41, 5.74) is 5.89. The number of rotatable bonds is 3. The van der Waals surface area contributed by atoms with Crippen LogP contribution in [0.3, 0.4) is 0 Å². The number of fused-ring (bicyclic) bond motifs is 3. The first-order valence-corrected chi connectivity index (χ1v) is 9.08. The van der Waals surface area contributed by atoms with Crippen LogP contribution in [0.25, 0.3) is 38.0 Å². The molecule has 0 aliphatic rings. The molecule has 2 heterocycles. The minimum absolute atomic E-state index is 0.118. The standard InChI is InChI=1S/C24H23N2O/c1-15(2)12-17-7-10-20(26(5)14-17)23-16(3)6-11-21-24(23)19-9-8-18(25-4)13-22(19)27-21/h6-11,13-15H,12H2,1-3,5H3/q+1/i12D2. The van der Waals surface area contributed by atoms with Gasteiger partial charge in [0, 0.05) is 25.1 Å². The van der Waals surface area contributed by atoms with E-state index in [0.29, 0.717) is 16.8 Å². The van der Waals surface area contributed by atoms with Crippen LogP contribution in [0, 0.1) is 19.4 Å². The molecule has 2 aromatic heterocycles. The van der Waals surface area contributed by atoms with Crippen molar-refractivity contribution in [2.75, 3.05) is 0 Å². The first-order chi connectivity index (χ1) is 13.7. The van der Waals surface area contributed by atoms with Gasteiger partial charge in [0.25, 0.3) is 0 Å². The summed E-state index contributed by atoms with van der Waals surface area (Å²) in [6, 6.07) is 13.4. The molecule has 27 heavy (non-hydrogen) atoms. The molecule has 3 heteroatoms. The maximum absolute atomic E-state index is 8.40. The van der Waals surface area contributed by atoms with Gasteiger partial charge < -0.3 is 4.42 Å². The average Bonchev–Trinajstić information content (AvgIpc) is 3.06. The summed E-state index contributed by atoms with van der Waals surface area (Å²) in [5, 5.41) is 2.00. The SMILES string of the molecule is [2H]C([2H])(c1ccc(-c2c(C)ccc3oc4cc([N+]#[C-])ccc4c23)[n+](C)c1)C(C)C. The fraction of sp³-hybridized carbons (Fsp3) is 0.250. The molecule has 3 nitrogen and oxygen atoms in total. The van der Waals surface area contributed by atoms with Crippen LogP contribution in [-0.4, -0.2) is 0 Å². The van der Waals surface area contributed by atoms with Crippen molar-refractivity contribution >= 4 is 27.6 Å². The molecule has 4 aromatic rings. The maximum Gasteiger partial charge on any atom is 0.213 e. The Hall–Kier alpha value is -3.12. The molecule has 134 valence electrons. The molecule has 0 atom stereocenters. The van der Waals surface area contributed by atoms with Crippen molar-refractivity contribution in [3.63, 3.8) is 0 Å². The van der Waals surface area contributed by atoms with Gasteiger partial charge in [-0.1, -0.05) is 32.0 Å². The Morgan fingerprint density at radius 1 is 1.15 bits per heavy atom. The zero-order valence-corrected chi connectivity index (χ0v) is 16.0. The maximum atomic E-state index is 8.40. The highest BCUT2D eigenvalue weighted by Crippen LogP contribution is 2.38. The van der Waals surface area contributed by atoms with Crippen molar-refractivity contribution in [2.45, 2.75) is 27.1 Å². The van der Waals surface area contributed by atoms with Gasteiger partial charge in [-0.3, -0.25) is 0 Å². The van der Waals surface area contributed by atoms with E-state index in [1.165, 1.54) is 0 Å². The van der Waals surface area contributed by atoms with E-state index in [1.807, 2.05) is 68.1 Å². The molecule has 0 bridgehead atoms. The second-order valence-electron chi connectivity index (χ2n) is 7.24. The van der Waals surface area contributed by atoms with Crippen LogP contribution in [0.15, 0.2) is 53.1 Å². The first kappa shape index (κ1) is 15.0. The number of aryl methyl sites for hydroxylation is 2. The molecule has 0 N–H and O–H groups in total. The minimum atomic E-state index is -1.39. The van der Waals surface area contributed by atoms with E-state index in [-0.39, 0.29) is 5.92 Å². The number of hydrogen-bond donors (Lipinski definition) is 0. The van der Waals surface area contributed by atoms with E-state index in [9.17, 15) is 0 Å². The van der Waals surface area contributed by atoms with Crippen LogP contribution in [0.4, 0.5) is 5.69 Å². The molecule has 2 aromatic carbocycles. The number of hydrogen-bond acceptors (Lipinski definition) is 1. The quantitative estimate of drug-likeness (QED) is 0.319. The minimum Gasteiger partial charge on any atom is -0.457 e. The van der Waals surface area contributed by atoms with Crippen molar-refractivity contribution in [3.8, 4) is 11.3 Å². The Labute approximate surface area is 162 Å². The normalized spacial score (nSPS) is 13.0. The Bertz CT molecular complexity index is 1300. The lowest BCUT2D eigenvalue weighted by molar-refractivity contribution is -0.660. The molecular formula is C24H23N2O+. The summed E-state index contributed by atoms with van der Waals surface area (Å²) in [6.07, 6.45) is 0.489. The Kier molecular flexibility index (Phi) is 3.64. The molecule has 0 unspecified atom stereocenters. The molecule has 0 radical (unpaired) electrons. The molecule has 0 amide bonds. The van der Waals surface area contributed by atoms with Gasteiger partial charge in [-0.05, 0) is 43.0 Å². The smallest absolute Gasteiger partial charge is 0.213 e. The van der Waals surface area contributed by atoms with Gasteiger partial charge in [-0.25, -0.2) is 9.41 Å². The van der Waals surface area contributed by atoms with Crippen LogP contribution >= 0.6 is 0 Å². The molecule has 0 saturated carbocycles. The van der Waals surface area contributed by atoms with E-state index in [0.717, 1.165) is 33.2 Å². The third-order valence-corrected chi connectivity index (χ3v) is 4.80. The van der Waals surface area contributed by atoms with E-state index >= 15 is 0 Å². The van der Waals surface area contributed by atoms with Crippen LogP contribution in [0.5, 0.6) is 0 Å². The van der Waals surface area contributed by atoms with Crippen molar-refractivity contribution in [3.05, 3.63) is 71.2 Å². The third-order valence-electron chi connectivity index (χ3n) is 4.80. The van der Waals surface area contributed by atoms with Gasteiger partial charge in [0.1, 0.15) is 18.2 Å². The van der Waals surface area contributed by atoms with Gasteiger partial charge in [0.2, 0.25) is 5.69 Å². The fourth-order valence-corrected chi connectivity index (χ4v) is 3.65. The van der Waals surface area contributed by atoms with Gasteiger partial charge in [0.15, 0.2) is 11.9 Å². The zero-order valence-electron chi connectivity index (χ0n) is 18.0. The molecule has 0 fully saturated rings. The molecule has 0 saturated heterocycles. The van der Waals surface area contributed by atoms with Gasteiger partial charge in [-0.15, -0.1) is 0 Å². The van der Waals surface area contributed by atoms with Crippen LogP contribution in [-0.2, 0) is 13.4 Å². The predicted molar refractivity (Wildman–Crippen MR) is 110 cm³/mol. The molecule has 0 aliphatic carbocycles. The number of benzene rings is 2. The molecular weight excluding hydrogens is 332 g/mol. The predicted octanol–water partition coefficient (Wildman–Crippen LogP) is 6.14. The second-order valence-corrected chi connectivity index (χ2v) is 7.24. The summed E-state index contributed by atoms with van der Waals surface area (Å²) in [6.45, 7) is 13.1. The van der Waals surface area contributed by atoms with Gasteiger partial charge in [0.05, 0.1) is 12.1 Å². The number of aromatic nitrogens is 1.